The van der Waals surface area contributed by atoms with Crippen LogP contribution in [0.25, 0.3) is 0 Å². The molecule has 1 saturated carbocycles. The Labute approximate surface area is 146 Å². The van der Waals surface area contributed by atoms with Gasteiger partial charge in [0, 0.05) is 17.2 Å². The highest BCUT2D eigenvalue weighted by molar-refractivity contribution is 6.01. The van der Waals surface area contributed by atoms with Gasteiger partial charge < -0.3 is 11.1 Å². The molecule has 1 aliphatic heterocycles. The number of carbonyl (C=O) groups excluding carboxylic acids is 3. The van der Waals surface area contributed by atoms with Crippen molar-refractivity contribution in [1.29, 1.82) is 0 Å². The molecule has 0 radical (unpaired) electrons. The van der Waals surface area contributed by atoms with Crippen LogP contribution in [0.15, 0.2) is 18.2 Å². The lowest BCUT2D eigenvalue weighted by molar-refractivity contribution is -0.125. The summed E-state index contributed by atoms with van der Waals surface area (Å²) in [4.78, 5) is 36.5. The molecule has 4 N–H and O–H groups in total. The second-order valence-corrected chi connectivity index (χ2v) is 6.84. The summed E-state index contributed by atoms with van der Waals surface area (Å²) >= 11 is 0. The Morgan fingerprint density at radius 1 is 1.24 bits per heavy atom. The van der Waals surface area contributed by atoms with Crippen LogP contribution in [0.5, 0.6) is 0 Å². The third-order valence-electron chi connectivity index (χ3n) is 4.77. The summed E-state index contributed by atoms with van der Waals surface area (Å²) in [7, 11) is 0. The van der Waals surface area contributed by atoms with E-state index < -0.39 is 11.9 Å². The molecule has 1 heterocycles. The second-order valence-electron chi connectivity index (χ2n) is 6.84. The highest BCUT2D eigenvalue weighted by Gasteiger charge is 2.30. The predicted octanol–water partition coefficient (Wildman–Crippen LogP) is 1.08. The minimum Gasteiger partial charge on any atom is -0.349 e. The Hall–Kier alpha value is -2.41. The molecule has 0 aromatic heterocycles. The van der Waals surface area contributed by atoms with Crippen molar-refractivity contribution in [3.05, 3.63) is 34.9 Å². The monoisotopic (exact) mass is 344 g/mol. The van der Waals surface area contributed by atoms with Crippen LogP contribution in [0.2, 0.25) is 0 Å². The van der Waals surface area contributed by atoms with Crippen molar-refractivity contribution in [3.63, 3.8) is 0 Å². The lowest BCUT2D eigenvalue weighted by Gasteiger charge is -2.22. The molecule has 7 heteroatoms. The summed E-state index contributed by atoms with van der Waals surface area (Å²) in [6.07, 6.45) is 5.57. The molecule has 1 atom stereocenters. The van der Waals surface area contributed by atoms with Gasteiger partial charge in [-0.3, -0.25) is 19.8 Å². The zero-order valence-electron chi connectivity index (χ0n) is 14.4. The van der Waals surface area contributed by atoms with Gasteiger partial charge in [0.25, 0.3) is 17.7 Å². The number of amides is 3. The Kier molecular flexibility index (Phi) is 5.03. The van der Waals surface area contributed by atoms with Crippen molar-refractivity contribution >= 4 is 17.7 Å². The van der Waals surface area contributed by atoms with Crippen LogP contribution < -0.4 is 16.5 Å². The molecule has 7 nitrogen and oxygen atoms in total. The summed E-state index contributed by atoms with van der Waals surface area (Å²) < 4.78 is 0. The number of fused-ring (bicyclic) bond motifs is 1. The van der Waals surface area contributed by atoms with E-state index >= 15 is 0 Å². The van der Waals surface area contributed by atoms with E-state index in [1.165, 1.54) is 11.4 Å². The van der Waals surface area contributed by atoms with Crippen LogP contribution in [0.3, 0.4) is 0 Å². The number of hydrazine groups is 1. The molecule has 0 bridgehead atoms. The quantitative estimate of drug-likeness (QED) is 0.760. The molecular weight excluding hydrogens is 320 g/mol. The van der Waals surface area contributed by atoms with Crippen LogP contribution in [0.1, 0.15) is 65.3 Å². The summed E-state index contributed by atoms with van der Waals surface area (Å²) in [5.74, 6) is -0.820. The van der Waals surface area contributed by atoms with E-state index in [0.29, 0.717) is 11.1 Å². The number of nitrogens with two attached hydrogens (primary N) is 1. The van der Waals surface area contributed by atoms with Crippen molar-refractivity contribution in [3.8, 4) is 0 Å². The molecule has 134 valence electrons. The van der Waals surface area contributed by atoms with E-state index in [1.54, 1.807) is 25.1 Å². The second kappa shape index (κ2) is 7.23. The number of nitrogens with zero attached hydrogens (tertiary/aromatic N) is 1. The third kappa shape index (κ3) is 3.82. The van der Waals surface area contributed by atoms with Crippen LogP contribution in [-0.4, -0.2) is 34.8 Å². The molecule has 1 aromatic rings. The first-order valence-electron chi connectivity index (χ1n) is 8.77. The SMILES string of the molecule is CC(N)C(=O)NN1Cc2cc(C(=O)NC3CCCCC3)ccc2C1=O. The normalized spacial score (nSPS) is 18.6. The van der Waals surface area contributed by atoms with E-state index in [0.717, 1.165) is 31.2 Å². The van der Waals surface area contributed by atoms with Gasteiger partial charge >= 0.3 is 0 Å². The van der Waals surface area contributed by atoms with Gasteiger partial charge in [-0.05, 0) is 43.5 Å². The fourth-order valence-electron chi connectivity index (χ4n) is 3.30. The number of benzene rings is 1. The average Bonchev–Trinajstić information content (AvgIpc) is 2.91. The largest absolute Gasteiger partial charge is 0.349 e. The Bertz CT molecular complexity index is 696. The van der Waals surface area contributed by atoms with E-state index in [-0.39, 0.29) is 24.4 Å². The maximum absolute atomic E-state index is 12.4. The Morgan fingerprint density at radius 3 is 2.64 bits per heavy atom. The number of rotatable bonds is 4. The topological polar surface area (TPSA) is 105 Å². The first-order valence-corrected chi connectivity index (χ1v) is 8.77. The van der Waals surface area contributed by atoms with Gasteiger partial charge in [-0.2, -0.15) is 0 Å². The van der Waals surface area contributed by atoms with Gasteiger partial charge in [0.1, 0.15) is 0 Å². The molecule has 1 aliphatic carbocycles. The van der Waals surface area contributed by atoms with Crippen LogP contribution >= 0.6 is 0 Å². The number of hydrogen-bond acceptors (Lipinski definition) is 4. The summed E-state index contributed by atoms with van der Waals surface area (Å²) in [6.45, 7) is 1.79. The van der Waals surface area contributed by atoms with Crippen molar-refractivity contribution in [2.45, 2.75) is 57.7 Å². The maximum atomic E-state index is 12.4. The van der Waals surface area contributed by atoms with Gasteiger partial charge in [-0.1, -0.05) is 19.3 Å². The Balaban J connectivity index is 1.68. The third-order valence-corrected chi connectivity index (χ3v) is 4.77. The van der Waals surface area contributed by atoms with E-state index in [4.69, 9.17) is 5.73 Å². The highest BCUT2D eigenvalue weighted by Crippen LogP contribution is 2.23. The van der Waals surface area contributed by atoms with Gasteiger partial charge in [0.05, 0.1) is 12.6 Å². The Morgan fingerprint density at radius 2 is 1.96 bits per heavy atom. The molecule has 1 unspecified atom stereocenters. The summed E-state index contributed by atoms with van der Waals surface area (Å²) in [6, 6.07) is 4.56. The smallest absolute Gasteiger partial charge is 0.272 e. The molecule has 1 aromatic carbocycles. The van der Waals surface area contributed by atoms with E-state index in [1.807, 2.05) is 0 Å². The number of nitrogens with one attached hydrogen (secondary N) is 2. The van der Waals surface area contributed by atoms with Crippen LogP contribution in [0, 0.1) is 0 Å². The minimum atomic E-state index is -0.701. The maximum Gasteiger partial charge on any atom is 0.272 e. The summed E-state index contributed by atoms with van der Waals surface area (Å²) in [5, 5.41) is 4.31. The lowest BCUT2D eigenvalue weighted by Crippen LogP contribution is -2.48. The van der Waals surface area contributed by atoms with Crippen molar-refractivity contribution in [2.24, 2.45) is 5.73 Å². The molecule has 3 rings (SSSR count). The molecule has 1 fully saturated rings. The minimum absolute atomic E-state index is 0.111. The van der Waals surface area contributed by atoms with Gasteiger partial charge in [0.2, 0.25) is 0 Å². The number of carbonyl (C=O) groups is 3. The average molecular weight is 344 g/mol. The van der Waals surface area contributed by atoms with Crippen molar-refractivity contribution in [1.82, 2.24) is 15.8 Å². The molecule has 0 spiro atoms. The molecule has 2 aliphatic rings. The van der Waals surface area contributed by atoms with Gasteiger partial charge in [-0.15, -0.1) is 0 Å². The standard InChI is InChI=1S/C18H24N4O3/c1-11(19)16(23)21-22-10-13-9-12(7-8-15(13)18(22)25)17(24)20-14-5-3-2-4-6-14/h7-9,11,14H,2-6,10,19H2,1H3,(H,20,24)(H,21,23). The fraction of sp³-hybridized carbons (Fsp3) is 0.500. The van der Waals surface area contributed by atoms with Gasteiger partial charge in [-0.25, -0.2) is 5.01 Å². The first-order chi connectivity index (χ1) is 12.0. The van der Waals surface area contributed by atoms with Crippen molar-refractivity contribution in [2.75, 3.05) is 0 Å². The van der Waals surface area contributed by atoms with Gasteiger partial charge in [0.15, 0.2) is 0 Å². The molecule has 25 heavy (non-hydrogen) atoms. The van der Waals surface area contributed by atoms with Crippen LogP contribution in [-0.2, 0) is 11.3 Å². The molecule has 3 amide bonds. The van der Waals surface area contributed by atoms with E-state index in [2.05, 4.69) is 10.7 Å². The fourth-order valence-corrected chi connectivity index (χ4v) is 3.30. The van der Waals surface area contributed by atoms with Crippen LogP contribution in [0.4, 0.5) is 0 Å². The molecular formula is C18H24N4O3. The van der Waals surface area contributed by atoms with E-state index in [9.17, 15) is 14.4 Å². The highest BCUT2D eigenvalue weighted by atomic mass is 16.2. The van der Waals surface area contributed by atoms with Crippen molar-refractivity contribution < 1.29 is 14.4 Å². The first kappa shape index (κ1) is 17.4. The zero-order valence-corrected chi connectivity index (χ0v) is 14.4. The zero-order chi connectivity index (χ0) is 18.0. The molecule has 0 saturated heterocycles. The lowest BCUT2D eigenvalue weighted by atomic mass is 9.95. The number of hydrogen-bond donors (Lipinski definition) is 3. The predicted molar refractivity (Wildman–Crippen MR) is 92.4 cm³/mol. The summed E-state index contributed by atoms with van der Waals surface area (Å²) in [5.41, 5.74) is 9.79.